The van der Waals surface area contributed by atoms with E-state index in [2.05, 4.69) is 30.6 Å². The van der Waals surface area contributed by atoms with Crippen LogP contribution in [0.15, 0.2) is 101 Å². The van der Waals surface area contributed by atoms with E-state index in [0.717, 1.165) is 22.3 Å². The van der Waals surface area contributed by atoms with E-state index in [1.165, 1.54) is 0 Å². The van der Waals surface area contributed by atoms with Gasteiger partial charge in [-0.15, -0.1) is 0 Å². The van der Waals surface area contributed by atoms with E-state index >= 15 is 0 Å². The van der Waals surface area contributed by atoms with Crippen molar-refractivity contribution in [3.63, 3.8) is 0 Å². The quantitative estimate of drug-likeness (QED) is 0.0876. The van der Waals surface area contributed by atoms with E-state index in [4.69, 9.17) is 5.11 Å². The van der Waals surface area contributed by atoms with Gasteiger partial charge in [-0.25, -0.2) is 22.7 Å². The van der Waals surface area contributed by atoms with Gasteiger partial charge in [-0.05, 0) is 96.7 Å². The Morgan fingerprint density at radius 3 is 2.34 bits per heavy atom. The molecule has 1 aliphatic carbocycles. The molecule has 0 spiro atoms. The molecule has 1 aliphatic rings. The lowest BCUT2D eigenvalue weighted by Gasteiger charge is -2.29. The molecular formula is C39H42N6O7S. The van der Waals surface area contributed by atoms with Gasteiger partial charge in [0.05, 0.1) is 15.9 Å². The Hall–Kier alpha value is -5.73. The van der Waals surface area contributed by atoms with Gasteiger partial charge in [0.1, 0.15) is 6.04 Å². The number of hydrogen-bond donors (Lipinski definition) is 7. The second-order valence-electron chi connectivity index (χ2n) is 13.5. The van der Waals surface area contributed by atoms with E-state index in [9.17, 15) is 27.6 Å². The molecule has 1 saturated carbocycles. The van der Waals surface area contributed by atoms with Gasteiger partial charge in [-0.3, -0.25) is 9.59 Å². The number of imidazole rings is 1. The maximum absolute atomic E-state index is 13.9. The van der Waals surface area contributed by atoms with Crippen LogP contribution in [-0.2, 0) is 32.6 Å². The Kier molecular flexibility index (Phi) is 11.4. The largest absolute Gasteiger partial charge is 0.465 e. The number of anilines is 1. The van der Waals surface area contributed by atoms with Crippen LogP contribution in [0.1, 0.15) is 42.4 Å². The van der Waals surface area contributed by atoms with Crippen molar-refractivity contribution < 1.29 is 27.9 Å². The molecule has 1 fully saturated rings. The van der Waals surface area contributed by atoms with Crippen LogP contribution >= 0.6 is 0 Å². The van der Waals surface area contributed by atoms with Crippen LogP contribution < -0.4 is 26.4 Å². The molecule has 53 heavy (non-hydrogen) atoms. The molecule has 7 N–H and O–H groups in total. The highest BCUT2D eigenvalue weighted by Crippen LogP contribution is 2.30. The Bertz CT molecular complexity index is 2280. The highest BCUT2D eigenvalue weighted by atomic mass is 32.2. The van der Waals surface area contributed by atoms with E-state index < -0.39 is 28.1 Å². The number of aromatic amines is 2. The third-order valence-electron chi connectivity index (χ3n) is 9.68. The van der Waals surface area contributed by atoms with Crippen LogP contribution in [0.2, 0.25) is 0 Å². The van der Waals surface area contributed by atoms with Crippen molar-refractivity contribution in [2.75, 3.05) is 11.9 Å². The Morgan fingerprint density at radius 2 is 1.58 bits per heavy atom. The predicted molar refractivity (Wildman–Crippen MR) is 202 cm³/mol. The molecule has 0 unspecified atom stereocenters. The molecule has 1 aromatic heterocycles. The summed E-state index contributed by atoms with van der Waals surface area (Å²) in [5, 5.41) is 17.2. The van der Waals surface area contributed by atoms with Crippen LogP contribution in [0.4, 0.5) is 10.5 Å². The minimum Gasteiger partial charge on any atom is -0.465 e. The Labute approximate surface area is 306 Å². The molecule has 1 atom stereocenters. The molecule has 0 saturated heterocycles. The second-order valence-corrected chi connectivity index (χ2v) is 15.3. The first-order valence-electron chi connectivity index (χ1n) is 17.5. The normalized spacial score (nSPS) is 16.5. The van der Waals surface area contributed by atoms with Gasteiger partial charge in [0.15, 0.2) is 0 Å². The van der Waals surface area contributed by atoms with Crippen LogP contribution in [0.25, 0.3) is 22.2 Å². The van der Waals surface area contributed by atoms with Crippen molar-refractivity contribution in [3.05, 3.63) is 118 Å². The van der Waals surface area contributed by atoms with E-state index in [1.807, 2.05) is 61.5 Å². The first-order chi connectivity index (χ1) is 25.4. The lowest BCUT2D eigenvalue weighted by Crippen LogP contribution is -2.48. The van der Waals surface area contributed by atoms with Gasteiger partial charge >= 0.3 is 11.8 Å². The van der Waals surface area contributed by atoms with Crippen LogP contribution in [0.3, 0.4) is 0 Å². The van der Waals surface area contributed by atoms with Gasteiger partial charge < -0.3 is 31.0 Å². The van der Waals surface area contributed by atoms with Crippen molar-refractivity contribution in [2.45, 2.75) is 56.5 Å². The second kappa shape index (κ2) is 16.3. The van der Waals surface area contributed by atoms with Crippen molar-refractivity contribution in [2.24, 2.45) is 11.8 Å². The summed E-state index contributed by atoms with van der Waals surface area (Å²) < 4.78 is 29.2. The van der Waals surface area contributed by atoms with Gasteiger partial charge in [-0.2, -0.15) is 0 Å². The van der Waals surface area contributed by atoms with Crippen LogP contribution in [-0.4, -0.2) is 54.0 Å². The molecule has 14 heteroatoms. The lowest BCUT2D eigenvalue weighted by molar-refractivity contribution is -0.130. The van der Waals surface area contributed by atoms with Gasteiger partial charge in [0, 0.05) is 31.1 Å². The number of hydrogen-bond acceptors (Lipinski definition) is 6. The summed E-state index contributed by atoms with van der Waals surface area (Å²) in [5.41, 5.74) is 5.07. The highest BCUT2D eigenvalue weighted by molar-refractivity contribution is 7.89. The Morgan fingerprint density at radius 1 is 0.849 bits per heavy atom. The van der Waals surface area contributed by atoms with E-state index in [1.54, 1.807) is 36.4 Å². The number of rotatable bonds is 13. The molecule has 5 aromatic rings. The van der Waals surface area contributed by atoms with E-state index in [0.29, 0.717) is 54.5 Å². The number of carbonyl (C=O) groups is 3. The van der Waals surface area contributed by atoms with Gasteiger partial charge in [0.25, 0.3) is 0 Å². The number of nitrogens with one attached hydrogen (secondary N) is 6. The molecule has 6 rings (SSSR count). The lowest BCUT2D eigenvalue weighted by atomic mass is 9.81. The third kappa shape index (κ3) is 9.58. The molecule has 276 valence electrons. The predicted octanol–water partition coefficient (Wildman–Crippen LogP) is 5.05. The van der Waals surface area contributed by atoms with Crippen LogP contribution in [0.5, 0.6) is 0 Å². The first kappa shape index (κ1) is 37.0. The number of sulfonamides is 1. The van der Waals surface area contributed by atoms with Gasteiger partial charge in [0.2, 0.25) is 21.8 Å². The fourth-order valence-electron chi connectivity index (χ4n) is 6.74. The average Bonchev–Trinajstić information content (AvgIpc) is 3.53. The molecular weight excluding hydrogens is 697 g/mol. The number of carboxylic acid groups (broad SMARTS) is 1. The molecule has 4 aromatic carbocycles. The van der Waals surface area contributed by atoms with Crippen molar-refractivity contribution in [1.82, 2.24) is 25.3 Å². The maximum atomic E-state index is 13.9. The first-order valence-corrected chi connectivity index (χ1v) is 19.0. The standard InChI is InChI=1S/C39H42N6O7S/c1-24-10-16-31(53(51,52)41-23-25-6-3-2-4-7-25)21-32(24)29-9-5-8-27(18-29)19-35(37(47)42-30-15-17-33-34(20-30)45-38(48)44-33)43-36(46)28-13-11-26(12-14-28)22-40-39(49)50/h2-10,15-18,20-21,26,28,35,40-41H,11-14,19,22-23H2,1H3,(H,42,47)(H,43,46)(H,49,50)(H2,44,45,48)/t26?,28?,35-/m0/s1. The molecule has 3 amide bonds. The summed E-state index contributed by atoms with van der Waals surface area (Å²) in [5.74, 6) is -0.896. The van der Waals surface area contributed by atoms with Crippen molar-refractivity contribution in [1.29, 1.82) is 0 Å². The van der Waals surface area contributed by atoms with Gasteiger partial charge in [-0.1, -0.05) is 60.7 Å². The topological polar surface area (TPSA) is 202 Å². The average molecular weight is 739 g/mol. The number of aryl methyl sites for hydroxylation is 1. The zero-order valence-corrected chi connectivity index (χ0v) is 30.0. The smallest absolute Gasteiger partial charge is 0.404 e. The number of benzene rings is 4. The summed E-state index contributed by atoms with van der Waals surface area (Å²) in [6, 6.07) is 25.7. The van der Waals surface area contributed by atoms with Crippen molar-refractivity contribution in [3.8, 4) is 11.1 Å². The minimum atomic E-state index is -3.82. The Balaban J connectivity index is 1.21. The summed E-state index contributed by atoms with van der Waals surface area (Å²) in [6.45, 7) is 2.38. The fourth-order valence-corrected chi connectivity index (χ4v) is 7.78. The van der Waals surface area contributed by atoms with Crippen LogP contribution in [0, 0.1) is 18.8 Å². The number of carbonyl (C=O) groups excluding carboxylic acids is 2. The molecule has 1 heterocycles. The summed E-state index contributed by atoms with van der Waals surface area (Å²) in [4.78, 5) is 55.7. The number of amides is 3. The number of H-pyrrole nitrogens is 2. The zero-order valence-electron chi connectivity index (χ0n) is 29.1. The summed E-state index contributed by atoms with van der Waals surface area (Å²) in [6.07, 6.45) is 1.57. The highest BCUT2D eigenvalue weighted by Gasteiger charge is 2.30. The summed E-state index contributed by atoms with van der Waals surface area (Å²) in [7, 11) is -3.82. The van der Waals surface area contributed by atoms with Crippen molar-refractivity contribution >= 4 is 44.7 Å². The molecule has 0 radical (unpaired) electrons. The monoisotopic (exact) mass is 738 g/mol. The molecule has 13 nitrogen and oxygen atoms in total. The zero-order chi connectivity index (χ0) is 37.5. The van der Waals surface area contributed by atoms with E-state index in [-0.39, 0.29) is 41.3 Å². The SMILES string of the molecule is Cc1ccc(S(=O)(=O)NCc2ccccc2)cc1-c1cccc(C[C@H](NC(=O)C2CCC(CNC(=O)O)CC2)C(=O)Nc2ccc3[nH]c(=O)[nH]c3c2)c1. The summed E-state index contributed by atoms with van der Waals surface area (Å²) >= 11 is 0. The minimum absolute atomic E-state index is 0.123. The number of fused-ring (bicyclic) bond motifs is 1. The number of aromatic nitrogens is 2. The fraction of sp³-hybridized carbons (Fsp3) is 0.282. The molecule has 0 bridgehead atoms. The maximum Gasteiger partial charge on any atom is 0.404 e. The molecule has 0 aliphatic heterocycles. The third-order valence-corrected chi connectivity index (χ3v) is 11.1.